The standard InChI is InChI=1S/C24H28N2O4.C2H6/c1-16(27)30-22-6-4-5-17-7-8-20(13-21(17)22)25-15-26-10-9-18-11-23(28-2)24(29-3)12-19(18)14-26;1-2/h7-8,11-13,15,22H,4-6,9-10,14H2,1-3H3;1-2H3. The molecule has 32 heavy (non-hydrogen) atoms. The van der Waals surface area contributed by atoms with Crippen LogP contribution in [0.5, 0.6) is 11.5 Å². The minimum absolute atomic E-state index is 0.161. The van der Waals surface area contributed by atoms with Crippen LogP contribution in [0, 0.1) is 0 Å². The number of fused-ring (bicyclic) bond motifs is 2. The van der Waals surface area contributed by atoms with Crippen molar-refractivity contribution in [3.8, 4) is 11.5 Å². The molecule has 6 heteroatoms. The van der Waals surface area contributed by atoms with Gasteiger partial charge in [-0.25, -0.2) is 4.99 Å². The van der Waals surface area contributed by atoms with E-state index in [2.05, 4.69) is 29.2 Å². The first-order chi connectivity index (χ1) is 15.6. The molecule has 0 aromatic heterocycles. The third-order valence-corrected chi connectivity index (χ3v) is 5.81. The van der Waals surface area contributed by atoms with Gasteiger partial charge in [0.25, 0.3) is 0 Å². The molecule has 2 aromatic rings. The predicted octanol–water partition coefficient (Wildman–Crippen LogP) is 5.39. The Hall–Kier alpha value is -3.02. The third kappa shape index (κ3) is 5.42. The molecule has 1 heterocycles. The molecule has 0 bridgehead atoms. The molecule has 1 atom stereocenters. The molecule has 2 aromatic carbocycles. The zero-order chi connectivity index (χ0) is 23.1. The summed E-state index contributed by atoms with van der Waals surface area (Å²) in [7, 11) is 3.32. The Balaban J connectivity index is 0.00000141. The van der Waals surface area contributed by atoms with Crippen LogP contribution in [-0.4, -0.2) is 38.0 Å². The second-order valence-electron chi connectivity index (χ2n) is 7.81. The van der Waals surface area contributed by atoms with Crippen LogP contribution in [-0.2, 0) is 28.9 Å². The van der Waals surface area contributed by atoms with E-state index in [1.54, 1.807) is 14.2 Å². The Kier molecular flexibility index (Phi) is 8.14. The van der Waals surface area contributed by atoms with E-state index in [1.807, 2.05) is 26.3 Å². The van der Waals surface area contributed by atoms with Gasteiger partial charge in [0.15, 0.2) is 11.5 Å². The number of ether oxygens (including phenoxy) is 3. The van der Waals surface area contributed by atoms with Gasteiger partial charge >= 0.3 is 5.97 Å². The highest BCUT2D eigenvalue weighted by atomic mass is 16.5. The molecule has 4 rings (SSSR count). The number of carbonyl (C=O) groups is 1. The first-order valence-corrected chi connectivity index (χ1v) is 11.4. The van der Waals surface area contributed by atoms with Gasteiger partial charge in [0.1, 0.15) is 6.10 Å². The average Bonchev–Trinajstić information content (AvgIpc) is 2.82. The van der Waals surface area contributed by atoms with Crippen LogP contribution >= 0.6 is 0 Å². The fourth-order valence-corrected chi connectivity index (χ4v) is 4.30. The maximum Gasteiger partial charge on any atom is 0.303 e. The molecule has 172 valence electrons. The number of aliphatic imine (C=N–C) groups is 1. The summed E-state index contributed by atoms with van der Waals surface area (Å²) in [6.45, 7) is 7.14. The lowest BCUT2D eigenvalue weighted by molar-refractivity contribution is -0.147. The molecule has 0 amide bonds. The number of hydrogen-bond donors (Lipinski definition) is 0. The average molecular weight is 439 g/mol. The molecule has 0 fully saturated rings. The summed E-state index contributed by atoms with van der Waals surface area (Å²) in [5.74, 6) is 1.29. The minimum Gasteiger partial charge on any atom is -0.493 e. The lowest BCUT2D eigenvalue weighted by Crippen LogP contribution is -2.29. The highest BCUT2D eigenvalue weighted by molar-refractivity contribution is 5.67. The summed E-state index contributed by atoms with van der Waals surface area (Å²) >= 11 is 0. The van der Waals surface area contributed by atoms with Crippen LogP contribution in [0.25, 0.3) is 0 Å². The van der Waals surface area contributed by atoms with E-state index in [-0.39, 0.29) is 12.1 Å². The van der Waals surface area contributed by atoms with E-state index in [4.69, 9.17) is 19.2 Å². The second kappa shape index (κ2) is 11.0. The zero-order valence-corrected chi connectivity index (χ0v) is 19.8. The van der Waals surface area contributed by atoms with E-state index < -0.39 is 0 Å². The van der Waals surface area contributed by atoms with E-state index in [9.17, 15) is 4.79 Å². The van der Waals surface area contributed by atoms with Crippen molar-refractivity contribution in [2.45, 2.75) is 59.1 Å². The highest BCUT2D eigenvalue weighted by Gasteiger charge is 2.23. The van der Waals surface area contributed by atoms with Crippen LogP contribution in [0.1, 0.15) is 62.0 Å². The van der Waals surface area contributed by atoms with Crippen molar-refractivity contribution >= 4 is 18.0 Å². The van der Waals surface area contributed by atoms with Gasteiger partial charge in [-0.05, 0) is 72.2 Å². The van der Waals surface area contributed by atoms with Gasteiger partial charge in [0.05, 0.1) is 26.2 Å². The lowest BCUT2D eigenvalue weighted by atomic mass is 9.89. The number of esters is 1. The summed E-state index contributed by atoms with van der Waals surface area (Å²) in [5.41, 5.74) is 5.73. The molecule has 2 aliphatic rings. The van der Waals surface area contributed by atoms with Crippen LogP contribution in [0.15, 0.2) is 35.3 Å². The largest absolute Gasteiger partial charge is 0.493 e. The topological polar surface area (TPSA) is 60.4 Å². The summed E-state index contributed by atoms with van der Waals surface area (Å²) in [6.07, 6.45) is 5.60. The van der Waals surface area contributed by atoms with Crippen molar-refractivity contribution < 1.29 is 19.0 Å². The Morgan fingerprint density at radius 3 is 2.44 bits per heavy atom. The van der Waals surface area contributed by atoms with E-state index >= 15 is 0 Å². The highest BCUT2D eigenvalue weighted by Crippen LogP contribution is 2.35. The fourth-order valence-electron chi connectivity index (χ4n) is 4.30. The molecular formula is C26H34N2O4. The van der Waals surface area contributed by atoms with E-state index in [0.29, 0.717) is 0 Å². The Morgan fingerprint density at radius 1 is 1.03 bits per heavy atom. The van der Waals surface area contributed by atoms with Crippen molar-refractivity contribution in [1.82, 2.24) is 4.90 Å². The fraction of sp³-hybridized carbons (Fsp3) is 0.462. The zero-order valence-electron chi connectivity index (χ0n) is 19.8. The third-order valence-electron chi connectivity index (χ3n) is 5.81. The Bertz CT molecular complexity index is 971. The van der Waals surface area contributed by atoms with E-state index in [0.717, 1.165) is 61.5 Å². The number of benzene rings is 2. The van der Waals surface area contributed by atoms with Gasteiger partial charge in [0, 0.05) is 20.0 Å². The van der Waals surface area contributed by atoms with Gasteiger partial charge in [0.2, 0.25) is 0 Å². The number of hydrogen-bond acceptors (Lipinski definition) is 5. The monoisotopic (exact) mass is 438 g/mol. The van der Waals surface area contributed by atoms with E-state index in [1.165, 1.54) is 23.6 Å². The number of aryl methyl sites for hydroxylation is 1. The molecule has 0 N–H and O–H groups in total. The molecule has 0 spiro atoms. The molecule has 1 aliphatic carbocycles. The van der Waals surface area contributed by atoms with Gasteiger partial charge in [-0.1, -0.05) is 19.9 Å². The molecule has 1 unspecified atom stereocenters. The number of nitrogens with zero attached hydrogens (tertiary/aromatic N) is 2. The Labute approximate surface area is 191 Å². The first-order valence-electron chi connectivity index (χ1n) is 11.4. The van der Waals surface area contributed by atoms with Crippen LogP contribution in [0.2, 0.25) is 0 Å². The van der Waals surface area contributed by atoms with Crippen molar-refractivity contribution in [2.24, 2.45) is 4.99 Å². The molecule has 0 saturated carbocycles. The number of carbonyl (C=O) groups excluding carboxylic acids is 1. The molecule has 1 aliphatic heterocycles. The minimum atomic E-state index is -0.235. The Morgan fingerprint density at radius 2 is 1.75 bits per heavy atom. The molecular weight excluding hydrogens is 404 g/mol. The smallest absolute Gasteiger partial charge is 0.303 e. The molecule has 0 saturated heterocycles. The normalized spacial score (nSPS) is 17.0. The summed E-state index contributed by atoms with van der Waals surface area (Å²) in [5, 5.41) is 0. The van der Waals surface area contributed by atoms with Gasteiger partial charge in [-0.15, -0.1) is 0 Å². The lowest BCUT2D eigenvalue weighted by Gasteiger charge is -2.28. The summed E-state index contributed by atoms with van der Waals surface area (Å²) < 4.78 is 16.4. The van der Waals surface area contributed by atoms with Crippen molar-refractivity contribution in [3.05, 3.63) is 52.6 Å². The van der Waals surface area contributed by atoms with Crippen LogP contribution in [0.4, 0.5) is 5.69 Å². The predicted molar refractivity (Wildman–Crippen MR) is 127 cm³/mol. The molecule has 0 radical (unpaired) electrons. The first kappa shape index (κ1) is 23.6. The van der Waals surface area contributed by atoms with Crippen molar-refractivity contribution in [3.63, 3.8) is 0 Å². The van der Waals surface area contributed by atoms with Gasteiger partial charge in [-0.3, -0.25) is 4.79 Å². The van der Waals surface area contributed by atoms with Crippen LogP contribution < -0.4 is 9.47 Å². The number of rotatable bonds is 5. The van der Waals surface area contributed by atoms with Gasteiger partial charge in [-0.2, -0.15) is 0 Å². The quantitative estimate of drug-likeness (QED) is 0.356. The van der Waals surface area contributed by atoms with Crippen molar-refractivity contribution in [1.29, 1.82) is 0 Å². The maximum absolute atomic E-state index is 11.5. The summed E-state index contributed by atoms with van der Waals surface area (Å²) in [4.78, 5) is 18.4. The van der Waals surface area contributed by atoms with Crippen LogP contribution in [0.3, 0.4) is 0 Å². The second-order valence-corrected chi connectivity index (χ2v) is 7.81. The SMILES string of the molecule is CC.COc1cc2c(cc1OC)CN(C=Nc1ccc3c(c1)C(OC(C)=O)CCC3)CC2. The molecule has 6 nitrogen and oxygen atoms in total. The summed E-state index contributed by atoms with van der Waals surface area (Å²) in [6, 6.07) is 10.3. The number of methoxy groups -OCH3 is 2. The van der Waals surface area contributed by atoms with Crippen molar-refractivity contribution in [2.75, 3.05) is 20.8 Å². The van der Waals surface area contributed by atoms with Gasteiger partial charge < -0.3 is 19.1 Å². The maximum atomic E-state index is 11.5.